The minimum absolute atomic E-state index is 0.189. The first kappa shape index (κ1) is 13.8. The van der Waals surface area contributed by atoms with Crippen molar-refractivity contribution in [3.05, 3.63) is 63.9 Å². The Bertz CT molecular complexity index is 597. The van der Waals surface area contributed by atoms with Gasteiger partial charge < -0.3 is 4.74 Å². The highest BCUT2D eigenvalue weighted by molar-refractivity contribution is 6.35. The van der Waals surface area contributed by atoms with E-state index in [1.165, 1.54) is 30.3 Å². The number of halogens is 3. The molecule has 0 amide bonds. The number of ether oxygens (including phenoxy) is 1. The molecule has 0 radical (unpaired) electrons. The number of carbonyl (C=O) groups excluding carboxylic acids is 1. The average Bonchev–Trinajstić information content (AvgIpc) is 2.40. The Morgan fingerprint density at radius 3 is 2.47 bits per heavy atom. The van der Waals surface area contributed by atoms with E-state index in [1.807, 2.05) is 0 Å². The zero-order chi connectivity index (χ0) is 13.8. The molecule has 0 atom stereocenters. The van der Waals surface area contributed by atoms with Crippen molar-refractivity contribution in [2.24, 2.45) is 0 Å². The minimum atomic E-state index is -0.364. The first-order valence-electron chi connectivity index (χ1n) is 5.43. The summed E-state index contributed by atoms with van der Waals surface area (Å²) >= 11 is 11.7. The van der Waals surface area contributed by atoms with Crippen molar-refractivity contribution in [3.63, 3.8) is 0 Å². The molecule has 0 spiro atoms. The predicted octanol–water partition coefficient (Wildman–Crippen LogP) is 4.39. The summed E-state index contributed by atoms with van der Waals surface area (Å²) < 4.78 is 17.9. The van der Waals surface area contributed by atoms with Crippen LogP contribution in [0.3, 0.4) is 0 Å². The number of hydrogen-bond acceptors (Lipinski definition) is 2. The molecule has 2 nitrogen and oxygen atoms in total. The van der Waals surface area contributed by atoms with Gasteiger partial charge in [0.05, 0.1) is 5.02 Å². The summed E-state index contributed by atoms with van der Waals surface area (Å²) in [6.07, 6.45) is 0. The van der Waals surface area contributed by atoms with E-state index in [-0.39, 0.29) is 18.2 Å². The van der Waals surface area contributed by atoms with Crippen molar-refractivity contribution in [3.8, 4) is 5.75 Å². The molecule has 0 saturated heterocycles. The van der Waals surface area contributed by atoms with E-state index in [9.17, 15) is 9.18 Å². The summed E-state index contributed by atoms with van der Waals surface area (Å²) in [7, 11) is 0. The highest BCUT2D eigenvalue weighted by atomic mass is 35.5. The molecule has 2 aromatic rings. The third kappa shape index (κ3) is 3.69. The topological polar surface area (TPSA) is 26.3 Å². The monoisotopic (exact) mass is 298 g/mol. The number of hydrogen-bond donors (Lipinski definition) is 0. The zero-order valence-electron chi connectivity index (χ0n) is 9.70. The van der Waals surface area contributed by atoms with Crippen LogP contribution in [0.4, 0.5) is 4.39 Å². The fourth-order valence-electron chi connectivity index (χ4n) is 1.47. The fourth-order valence-corrected chi connectivity index (χ4v) is 1.86. The Labute approximate surface area is 119 Å². The molecule has 0 saturated carbocycles. The standard InChI is InChI=1S/C14H9Cl2FO2/c15-9-1-6-13(16)12(7-9)14(18)8-19-11-4-2-10(17)3-5-11/h1-7H,8H2. The van der Waals surface area contributed by atoms with Gasteiger partial charge in [0.2, 0.25) is 5.78 Å². The maximum absolute atomic E-state index is 12.7. The van der Waals surface area contributed by atoms with Gasteiger partial charge in [-0.2, -0.15) is 0 Å². The molecule has 0 unspecified atom stereocenters. The van der Waals surface area contributed by atoms with E-state index in [0.717, 1.165) is 0 Å². The van der Waals surface area contributed by atoms with Crippen molar-refractivity contribution in [1.29, 1.82) is 0 Å². The van der Waals surface area contributed by atoms with Crippen molar-refractivity contribution in [2.45, 2.75) is 0 Å². The van der Waals surface area contributed by atoms with Crippen LogP contribution >= 0.6 is 23.2 Å². The van der Waals surface area contributed by atoms with E-state index >= 15 is 0 Å². The molecule has 0 aliphatic rings. The van der Waals surface area contributed by atoms with Gasteiger partial charge in [-0.1, -0.05) is 23.2 Å². The quantitative estimate of drug-likeness (QED) is 0.782. The largest absolute Gasteiger partial charge is 0.485 e. The van der Waals surface area contributed by atoms with Crippen LogP contribution in [0.15, 0.2) is 42.5 Å². The van der Waals surface area contributed by atoms with Crippen LogP contribution in [0.1, 0.15) is 10.4 Å². The maximum atomic E-state index is 12.7. The van der Waals surface area contributed by atoms with Gasteiger partial charge in [0, 0.05) is 10.6 Å². The molecule has 0 heterocycles. The highest BCUT2D eigenvalue weighted by Gasteiger charge is 2.12. The van der Waals surface area contributed by atoms with Gasteiger partial charge in [-0.15, -0.1) is 0 Å². The summed E-state index contributed by atoms with van der Waals surface area (Å²) in [6.45, 7) is -0.189. The van der Waals surface area contributed by atoms with Gasteiger partial charge in [-0.25, -0.2) is 4.39 Å². The lowest BCUT2D eigenvalue weighted by Crippen LogP contribution is -2.12. The first-order valence-corrected chi connectivity index (χ1v) is 6.18. The lowest BCUT2D eigenvalue weighted by Gasteiger charge is -2.07. The number of ketones is 1. The van der Waals surface area contributed by atoms with Gasteiger partial charge in [0.25, 0.3) is 0 Å². The SMILES string of the molecule is O=C(COc1ccc(F)cc1)c1cc(Cl)ccc1Cl. The predicted molar refractivity (Wildman–Crippen MR) is 72.7 cm³/mol. The van der Waals surface area contributed by atoms with Crippen LogP contribution in [0.2, 0.25) is 10.0 Å². The molecule has 2 aromatic carbocycles. The number of rotatable bonds is 4. The van der Waals surface area contributed by atoms with Crippen LogP contribution in [-0.2, 0) is 0 Å². The van der Waals surface area contributed by atoms with Crippen molar-refractivity contribution in [1.82, 2.24) is 0 Å². The lowest BCUT2D eigenvalue weighted by molar-refractivity contribution is 0.0921. The second-order valence-corrected chi connectivity index (χ2v) is 4.63. The molecule has 2 rings (SSSR count). The summed E-state index contributed by atoms with van der Waals surface area (Å²) in [4.78, 5) is 11.9. The molecule has 0 aliphatic carbocycles. The smallest absolute Gasteiger partial charge is 0.201 e. The van der Waals surface area contributed by atoms with Crippen LogP contribution in [-0.4, -0.2) is 12.4 Å². The van der Waals surface area contributed by atoms with Crippen LogP contribution < -0.4 is 4.74 Å². The Morgan fingerprint density at radius 2 is 1.79 bits per heavy atom. The molecule has 5 heteroatoms. The highest BCUT2D eigenvalue weighted by Crippen LogP contribution is 2.21. The van der Waals surface area contributed by atoms with Crippen LogP contribution in [0, 0.1) is 5.82 Å². The van der Waals surface area contributed by atoms with E-state index in [1.54, 1.807) is 12.1 Å². The Balaban J connectivity index is 2.05. The van der Waals surface area contributed by atoms with E-state index in [2.05, 4.69) is 0 Å². The molecular weight excluding hydrogens is 290 g/mol. The molecule has 19 heavy (non-hydrogen) atoms. The second kappa shape index (κ2) is 6.04. The molecule has 0 fully saturated rings. The summed E-state index contributed by atoms with van der Waals surface area (Å²) in [6, 6.07) is 10.0. The van der Waals surface area contributed by atoms with E-state index in [0.29, 0.717) is 21.4 Å². The Hall–Kier alpha value is -1.58. The number of benzene rings is 2. The minimum Gasteiger partial charge on any atom is -0.485 e. The molecule has 0 aliphatic heterocycles. The van der Waals surface area contributed by atoms with Crippen molar-refractivity contribution in [2.75, 3.05) is 6.61 Å². The van der Waals surface area contributed by atoms with Gasteiger partial charge in [-0.3, -0.25) is 4.79 Å². The van der Waals surface area contributed by atoms with Gasteiger partial charge >= 0.3 is 0 Å². The Morgan fingerprint density at radius 1 is 1.11 bits per heavy atom. The number of Topliss-reactive ketones (excluding diaryl/α,β-unsaturated/α-hetero) is 1. The van der Waals surface area contributed by atoms with E-state index < -0.39 is 0 Å². The molecular formula is C14H9Cl2FO2. The second-order valence-electron chi connectivity index (χ2n) is 3.79. The number of carbonyl (C=O) groups is 1. The average molecular weight is 299 g/mol. The lowest BCUT2D eigenvalue weighted by atomic mass is 10.1. The molecule has 0 bridgehead atoms. The van der Waals surface area contributed by atoms with Gasteiger partial charge in [0.1, 0.15) is 11.6 Å². The van der Waals surface area contributed by atoms with Crippen molar-refractivity contribution < 1.29 is 13.9 Å². The van der Waals surface area contributed by atoms with Crippen LogP contribution in [0.25, 0.3) is 0 Å². The van der Waals surface area contributed by atoms with Gasteiger partial charge in [0.15, 0.2) is 6.61 Å². The summed E-state index contributed by atoms with van der Waals surface area (Å²) in [5.41, 5.74) is 0.302. The van der Waals surface area contributed by atoms with Crippen LogP contribution in [0.5, 0.6) is 5.75 Å². The normalized spacial score (nSPS) is 10.3. The molecule has 98 valence electrons. The zero-order valence-corrected chi connectivity index (χ0v) is 11.2. The third-order valence-electron chi connectivity index (χ3n) is 2.41. The summed E-state index contributed by atoms with van der Waals surface area (Å²) in [5.74, 6) is -0.249. The third-order valence-corrected chi connectivity index (χ3v) is 2.98. The molecule has 0 aromatic heterocycles. The van der Waals surface area contributed by atoms with E-state index in [4.69, 9.17) is 27.9 Å². The van der Waals surface area contributed by atoms with Gasteiger partial charge in [-0.05, 0) is 42.5 Å². The maximum Gasteiger partial charge on any atom is 0.201 e. The fraction of sp³-hybridized carbons (Fsp3) is 0.0714. The molecule has 0 N–H and O–H groups in total. The first-order chi connectivity index (χ1) is 9.06. The Kier molecular flexibility index (Phi) is 4.40. The summed E-state index contributed by atoms with van der Waals surface area (Å²) in [5, 5.41) is 0.742. The van der Waals surface area contributed by atoms with Crippen molar-refractivity contribution >= 4 is 29.0 Å².